The second-order valence-corrected chi connectivity index (χ2v) is 3.20. The Labute approximate surface area is 82.2 Å². The van der Waals surface area contributed by atoms with Gasteiger partial charge in [-0.1, -0.05) is 24.2 Å². The van der Waals surface area contributed by atoms with E-state index < -0.39 is 0 Å². The van der Waals surface area contributed by atoms with Crippen LogP contribution in [0.2, 0.25) is 0 Å². The Morgan fingerprint density at radius 1 is 1.43 bits per heavy atom. The van der Waals surface area contributed by atoms with Crippen LogP contribution in [0.3, 0.4) is 0 Å². The van der Waals surface area contributed by atoms with E-state index in [4.69, 9.17) is 5.53 Å². The average Bonchev–Trinajstić information content (AvgIpc) is 2.19. The zero-order chi connectivity index (χ0) is 10.4. The minimum absolute atomic E-state index is 0.226. The lowest BCUT2D eigenvalue weighted by atomic mass is 9.98. The number of azide groups is 1. The van der Waals surface area contributed by atoms with Gasteiger partial charge in [-0.05, 0) is 35.6 Å². The molecule has 0 saturated heterocycles. The van der Waals surface area contributed by atoms with Crippen LogP contribution in [0.4, 0.5) is 4.39 Å². The molecule has 0 saturated carbocycles. The van der Waals surface area contributed by atoms with E-state index in [1.807, 2.05) is 6.92 Å². The van der Waals surface area contributed by atoms with Crippen molar-refractivity contribution in [2.45, 2.75) is 19.3 Å². The molecule has 0 aliphatic heterocycles. The zero-order valence-electron chi connectivity index (χ0n) is 8.02. The summed E-state index contributed by atoms with van der Waals surface area (Å²) in [6.45, 7) is 2.51. The molecule has 0 amide bonds. The highest BCUT2D eigenvalue weighted by Gasteiger charge is 2.04. The molecule has 0 aliphatic carbocycles. The maximum absolute atomic E-state index is 12.6. The molecular weight excluding hydrogens is 181 g/mol. The van der Waals surface area contributed by atoms with Crippen LogP contribution in [-0.4, -0.2) is 6.54 Å². The molecule has 14 heavy (non-hydrogen) atoms. The summed E-state index contributed by atoms with van der Waals surface area (Å²) in [7, 11) is 0. The van der Waals surface area contributed by atoms with Crippen molar-refractivity contribution in [2.75, 3.05) is 6.54 Å². The molecule has 0 fully saturated rings. The molecule has 0 heterocycles. The molecule has 0 bridgehead atoms. The van der Waals surface area contributed by atoms with Crippen LogP contribution in [0.1, 0.15) is 24.8 Å². The highest BCUT2D eigenvalue weighted by Crippen LogP contribution is 2.18. The van der Waals surface area contributed by atoms with Crippen molar-refractivity contribution in [3.05, 3.63) is 46.1 Å². The molecule has 0 spiro atoms. The van der Waals surface area contributed by atoms with Gasteiger partial charge in [-0.3, -0.25) is 0 Å². The summed E-state index contributed by atoms with van der Waals surface area (Å²) < 4.78 is 12.6. The van der Waals surface area contributed by atoms with Gasteiger partial charge in [0.2, 0.25) is 0 Å². The van der Waals surface area contributed by atoms with Gasteiger partial charge in [0.15, 0.2) is 0 Å². The first-order chi connectivity index (χ1) is 6.74. The van der Waals surface area contributed by atoms with Crippen molar-refractivity contribution in [1.82, 2.24) is 0 Å². The fourth-order valence-electron chi connectivity index (χ4n) is 1.25. The molecule has 1 rings (SSSR count). The van der Waals surface area contributed by atoms with E-state index in [1.165, 1.54) is 12.1 Å². The molecule has 1 aromatic carbocycles. The highest BCUT2D eigenvalue weighted by atomic mass is 19.1. The van der Waals surface area contributed by atoms with E-state index in [1.54, 1.807) is 12.1 Å². The number of hydrogen-bond donors (Lipinski definition) is 0. The third-order valence-electron chi connectivity index (χ3n) is 2.16. The maximum atomic E-state index is 12.6. The Bertz CT molecular complexity index is 328. The molecular formula is C10H12FN3. The summed E-state index contributed by atoms with van der Waals surface area (Å²) in [5.74, 6) is 0.0668. The van der Waals surface area contributed by atoms with Crippen molar-refractivity contribution in [3.63, 3.8) is 0 Å². The Morgan fingerprint density at radius 3 is 2.64 bits per heavy atom. The first kappa shape index (κ1) is 10.5. The van der Waals surface area contributed by atoms with Gasteiger partial charge in [-0.2, -0.15) is 0 Å². The summed E-state index contributed by atoms with van der Waals surface area (Å²) in [5.41, 5.74) is 9.16. The average molecular weight is 193 g/mol. The number of halogens is 1. The van der Waals surface area contributed by atoms with Crippen LogP contribution in [0.5, 0.6) is 0 Å². The van der Waals surface area contributed by atoms with E-state index in [-0.39, 0.29) is 5.82 Å². The Balaban J connectivity index is 2.55. The van der Waals surface area contributed by atoms with E-state index in [9.17, 15) is 4.39 Å². The number of hydrogen-bond acceptors (Lipinski definition) is 1. The highest BCUT2D eigenvalue weighted by molar-refractivity contribution is 5.19. The lowest BCUT2D eigenvalue weighted by Crippen LogP contribution is -1.95. The van der Waals surface area contributed by atoms with E-state index in [0.717, 1.165) is 12.0 Å². The Kier molecular flexibility index (Phi) is 3.95. The zero-order valence-corrected chi connectivity index (χ0v) is 8.02. The topological polar surface area (TPSA) is 48.8 Å². The standard InChI is InChI=1S/C10H12FN3/c1-8(6-7-13-14-12)9-2-4-10(11)5-3-9/h2-5,8H,6-7H2,1H3. The predicted octanol–water partition coefficient (Wildman–Crippen LogP) is 3.63. The van der Waals surface area contributed by atoms with E-state index >= 15 is 0 Å². The first-order valence-corrected chi connectivity index (χ1v) is 4.50. The fourth-order valence-corrected chi connectivity index (χ4v) is 1.25. The van der Waals surface area contributed by atoms with Crippen LogP contribution in [-0.2, 0) is 0 Å². The lowest BCUT2D eigenvalue weighted by molar-refractivity contribution is 0.623. The minimum atomic E-state index is -0.226. The lowest BCUT2D eigenvalue weighted by Gasteiger charge is -2.09. The van der Waals surface area contributed by atoms with Crippen LogP contribution in [0.25, 0.3) is 10.4 Å². The van der Waals surface area contributed by atoms with Gasteiger partial charge < -0.3 is 0 Å². The van der Waals surface area contributed by atoms with Crippen LogP contribution >= 0.6 is 0 Å². The summed E-state index contributed by atoms with van der Waals surface area (Å²) in [5, 5.41) is 3.46. The second-order valence-electron chi connectivity index (χ2n) is 3.20. The molecule has 4 heteroatoms. The molecule has 1 unspecified atom stereocenters. The predicted molar refractivity (Wildman–Crippen MR) is 53.4 cm³/mol. The van der Waals surface area contributed by atoms with Gasteiger partial charge in [0.25, 0.3) is 0 Å². The maximum Gasteiger partial charge on any atom is 0.123 e. The number of rotatable bonds is 4. The summed E-state index contributed by atoms with van der Waals surface area (Å²) in [6, 6.07) is 6.41. The van der Waals surface area contributed by atoms with Gasteiger partial charge in [0.1, 0.15) is 5.82 Å². The largest absolute Gasteiger partial charge is 0.207 e. The molecule has 1 aromatic rings. The molecule has 0 N–H and O–H groups in total. The number of nitrogens with zero attached hydrogens (tertiary/aromatic N) is 3. The SMILES string of the molecule is CC(CCN=[N+]=[N-])c1ccc(F)cc1. The van der Waals surface area contributed by atoms with Crippen molar-refractivity contribution < 1.29 is 4.39 Å². The van der Waals surface area contributed by atoms with E-state index in [0.29, 0.717) is 12.5 Å². The Hall–Kier alpha value is -1.54. The smallest absolute Gasteiger partial charge is 0.123 e. The van der Waals surface area contributed by atoms with Gasteiger partial charge in [-0.15, -0.1) is 0 Å². The van der Waals surface area contributed by atoms with Crippen molar-refractivity contribution >= 4 is 0 Å². The summed E-state index contributed by atoms with van der Waals surface area (Å²) in [4.78, 5) is 2.68. The summed E-state index contributed by atoms with van der Waals surface area (Å²) >= 11 is 0. The van der Waals surface area contributed by atoms with Crippen molar-refractivity contribution in [2.24, 2.45) is 5.11 Å². The normalized spacial score (nSPS) is 11.9. The van der Waals surface area contributed by atoms with Crippen LogP contribution < -0.4 is 0 Å². The van der Waals surface area contributed by atoms with Crippen LogP contribution in [0, 0.1) is 5.82 Å². The quantitative estimate of drug-likeness (QED) is 0.398. The van der Waals surface area contributed by atoms with Gasteiger partial charge in [0.05, 0.1) is 0 Å². The minimum Gasteiger partial charge on any atom is -0.207 e. The first-order valence-electron chi connectivity index (χ1n) is 4.50. The molecule has 0 radical (unpaired) electrons. The van der Waals surface area contributed by atoms with Gasteiger partial charge in [-0.25, -0.2) is 4.39 Å². The van der Waals surface area contributed by atoms with Crippen LogP contribution in [0.15, 0.2) is 29.4 Å². The molecule has 3 nitrogen and oxygen atoms in total. The molecule has 1 atom stereocenters. The Morgan fingerprint density at radius 2 is 2.07 bits per heavy atom. The van der Waals surface area contributed by atoms with Crippen molar-refractivity contribution in [1.29, 1.82) is 0 Å². The van der Waals surface area contributed by atoms with Gasteiger partial charge >= 0.3 is 0 Å². The third-order valence-corrected chi connectivity index (χ3v) is 2.16. The molecule has 74 valence electrons. The third kappa shape index (κ3) is 3.07. The molecule has 0 aliphatic rings. The number of benzene rings is 1. The molecule has 0 aromatic heterocycles. The fraction of sp³-hybridized carbons (Fsp3) is 0.400. The van der Waals surface area contributed by atoms with Crippen molar-refractivity contribution in [3.8, 4) is 0 Å². The van der Waals surface area contributed by atoms with E-state index in [2.05, 4.69) is 10.0 Å². The van der Waals surface area contributed by atoms with Gasteiger partial charge in [0, 0.05) is 11.5 Å². The monoisotopic (exact) mass is 193 g/mol. The summed E-state index contributed by atoms with van der Waals surface area (Å²) in [6.07, 6.45) is 0.787. The second kappa shape index (κ2) is 5.25.